The summed E-state index contributed by atoms with van der Waals surface area (Å²) in [5.41, 5.74) is -0.310. The molecule has 12 heteroatoms. The van der Waals surface area contributed by atoms with Crippen molar-refractivity contribution in [2.45, 2.75) is 57.4 Å². The number of likely N-dealkylation sites (tertiary alicyclic amines) is 1. The van der Waals surface area contributed by atoms with Gasteiger partial charge in [0.1, 0.15) is 17.4 Å². The van der Waals surface area contributed by atoms with Crippen LogP contribution in [-0.2, 0) is 17.6 Å². The van der Waals surface area contributed by atoms with Crippen molar-refractivity contribution in [2.75, 3.05) is 64.1 Å². The highest BCUT2D eigenvalue weighted by molar-refractivity contribution is 5.79. The number of rotatable bonds is 16. The van der Waals surface area contributed by atoms with Gasteiger partial charge in [0.25, 0.3) is 0 Å². The Hall–Kier alpha value is -2.93. The zero-order valence-electron chi connectivity index (χ0n) is 25.0. The molecular formula is C31H45F2N5O5. The number of nitrogens with one attached hydrogen (secondary N) is 1. The lowest BCUT2D eigenvalue weighted by Crippen LogP contribution is -2.60. The minimum atomic E-state index is -1.19. The van der Waals surface area contributed by atoms with Crippen molar-refractivity contribution in [1.29, 1.82) is 0 Å². The van der Waals surface area contributed by atoms with Gasteiger partial charge in [0, 0.05) is 68.7 Å². The number of aliphatic hydroxyl groups is 3. The highest BCUT2D eigenvalue weighted by Gasteiger charge is 2.34. The summed E-state index contributed by atoms with van der Waals surface area (Å²) in [4.78, 5) is 25.4. The van der Waals surface area contributed by atoms with Crippen LogP contribution in [0.5, 0.6) is 5.75 Å². The SMILES string of the molecule is CCCc1cnc(N2CCC(CCCOc3cc(F)c(CC(=O)N4CC(CNC(CO)(CO)CO)C4)c(F)c3)CC2)nc1. The molecular weight excluding hydrogens is 560 g/mol. The smallest absolute Gasteiger partial charge is 0.227 e. The largest absolute Gasteiger partial charge is 0.493 e. The number of hydrogen-bond donors (Lipinski definition) is 4. The third-order valence-corrected chi connectivity index (χ3v) is 8.58. The van der Waals surface area contributed by atoms with Gasteiger partial charge >= 0.3 is 0 Å². The number of carbonyl (C=O) groups is 1. The Morgan fingerprint density at radius 1 is 1.05 bits per heavy atom. The third-order valence-electron chi connectivity index (χ3n) is 8.58. The van der Waals surface area contributed by atoms with Crippen molar-refractivity contribution in [1.82, 2.24) is 20.2 Å². The Labute approximate surface area is 252 Å². The summed E-state index contributed by atoms with van der Waals surface area (Å²) in [7, 11) is 0. The maximum Gasteiger partial charge on any atom is 0.227 e. The van der Waals surface area contributed by atoms with Gasteiger partial charge in [-0.25, -0.2) is 18.7 Å². The lowest BCUT2D eigenvalue weighted by atomic mass is 9.92. The van der Waals surface area contributed by atoms with Crippen LogP contribution in [0, 0.1) is 23.5 Å². The molecule has 4 N–H and O–H groups in total. The van der Waals surface area contributed by atoms with Crippen LogP contribution >= 0.6 is 0 Å². The molecule has 0 atom stereocenters. The van der Waals surface area contributed by atoms with E-state index in [1.54, 1.807) is 0 Å². The number of nitrogens with zero attached hydrogens (tertiary/aromatic N) is 4. The van der Waals surface area contributed by atoms with E-state index < -0.39 is 43.4 Å². The molecule has 2 aliphatic rings. The predicted molar refractivity (Wildman–Crippen MR) is 158 cm³/mol. The Kier molecular flexibility index (Phi) is 12.0. The van der Waals surface area contributed by atoms with E-state index in [0.717, 1.165) is 75.3 Å². The molecule has 0 radical (unpaired) electrons. The minimum Gasteiger partial charge on any atom is -0.493 e. The molecule has 2 aliphatic heterocycles. The lowest BCUT2D eigenvalue weighted by Gasteiger charge is -2.41. The van der Waals surface area contributed by atoms with Crippen molar-refractivity contribution in [3.05, 3.63) is 47.3 Å². The fraction of sp³-hybridized carbons (Fsp3) is 0.645. The summed E-state index contributed by atoms with van der Waals surface area (Å²) in [5.74, 6) is -0.505. The van der Waals surface area contributed by atoms with Crippen LogP contribution in [0.15, 0.2) is 24.5 Å². The molecule has 0 aliphatic carbocycles. The van der Waals surface area contributed by atoms with Gasteiger partial charge in [-0.3, -0.25) is 4.79 Å². The van der Waals surface area contributed by atoms with Crippen molar-refractivity contribution < 1.29 is 33.6 Å². The first kappa shape index (κ1) is 33.0. The maximum atomic E-state index is 14.8. The number of piperidine rings is 1. The first-order valence-corrected chi connectivity index (χ1v) is 15.3. The molecule has 2 fully saturated rings. The zero-order valence-corrected chi connectivity index (χ0v) is 25.0. The van der Waals surface area contributed by atoms with E-state index in [0.29, 0.717) is 32.2 Å². The number of carbonyl (C=O) groups excluding carboxylic acids is 1. The summed E-state index contributed by atoms with van der Waals surface area (Å²) in [6.45, 7) is 4.15. The molecule has 0 unspecified atom stereocenters. The van der Waals surface area contributed by atoms with Crippen LogP contribution in [0.25, 0.3) is 0 Å². The van der Waals surface area contributed by atoms with E-state index in [2.05, 4.69) is 27.1 Å². The molecule has 2 saturated heterocycles. The molecule has 0 spiro atoms. The average molecular weight is 606 g/mol. The number of aliphatic hydroxyl groups excluding tert-OH is 3. The van der Waals surface area contributed by atoms with Crippen molar-refractivity contribution in [3.8, 4) is 5.75 Å². The van der Waals surface area contributed by atoms with Crippen LogP contribution in [0.4, 0.5) is 14.7 Å². The number of benzene rings is 1. The Bertz CT molecular complexity index is 1140. The van der Waals surface area contributed by atoms with E-state index in [9.17, 15) is 28.9 Å². The molecule has 10 nitrogen and oxygen atoms in total. The standard InChI is InChI=1S/C31H45F2N5O5/c1-2-4-23-14-34-30(35-15-23)37-8-6-22(7-9-37)5-3-10-43-25-11-27(32)26(28(33)12-25)13-29(42)38-17-24(18-38)16-36-31(19-39,20-40)21-41/h11-12,14-15,22,24,36,39-41H,2-10,13,16-21H2,1H3. The second-order valence-corrected chi connectivity index (χ2v) is 11.9. The molecule has 43 heavy (non-hydrogen) atoms. The predicted octanol–water partition coefficient (Wildman–Crippen LogP) is 2.09. The molecule has 238 valence electrons. The van der Waals surface area contributed by atoms with Crippen LogP contribution in [0.2, 0.25) is 0 Å². The van der Waals surface area contributed by atoms with Crippen molar-refractivity contribution in [2.24, 2.45) is 11.8 Å². The highest BCUT2D eigenvalue weighted by atomic mass is 19.1. The monoisotopic (exact) mass is 605 g/mol. The van der Waals surface area contributed by atoms with E-state index in [-0.39, 0.29) is 23.1 Å². The Morgan fingerprint density at radius 2 is 1.67 bits per heavy atom. The van der Waals surface area contributed by atoms with Crippen LogP contribution in [0.3, 0.4) is 0 Å². The van der Waals surface area contributed by atoms with Crippen molar-refractivity contribution in [3.63, 3.8) is 0 Å². The number of anilines is 1. The molecule has 3 heterocycles. The van der Waals surface area contributed by atoms with Crippen LogP contribution < -0.4 is 15.0 Å². The summed E-state index contributed by atoms with van der Waals surface area (Å²) >= 11 is 0. The van der Waals surface area contributed by atoms with Crippen LogP contribution in [0.1, 0.15) is 50.2 Å². The van der Waals surface area contributed by atoms with E-state index in [1.165, 1.54) is 4.90 Å². The van der Waals surface area contributed by atoms with Gasteiger partial charge in [-0.05, 0) is 43.6 Å². The normalized spacial score (nSPS) is 16.4. The highest BCUT2D eigenvalue weighted by Crippen LogP contribution is 2.26. The van der Waals surface area contributed by atoms with E-state index in [4.69, 9.17) is 4.74 Å². The van der Waals surface area contributed by atoms with Gasteiger partial charge in [0.05, 0.1) is 38.4 Å². The molecule has 0 bridgehead atoms. The van der Waals surface area contributed by atoms with Gasteiger partial charge < -0.3 is 35.2 Å². The van der Waals surface area contributed by atoms with Gasteiger partial charge in [0.15, 0.2) is 0 Å². The van der Waals surface area contributed by atoms with Gasteiger partial charge in [-0.15, -0.1) is 0 Å². The van der Waals surface area contributed by atoms with E-state index >= 15 is 0 Å². The number of hydrogen-bond acceptors (Lipinski definition) is 9. The number of aromatic nitrogens is 2. The van der Waals surface area contributed by atoms with Crippen molar-refractivity contribution >= 4 is 11.9 Å². The summed E-state index contributed by atoms with van der Waals surface area (Å²) in [6, 6.07) is 2.27. The second-order valence-electron chi connectivity index (χ2n) is 11.9. The lowest BCUT2D eigenvalue weighted by molar-refractivity contribution is -0.136. The Balaban J connectivity index is 1.14. The quantitative estimate of drug-likeness (QED) is 0.213. The fourth-order valence-electron chi connectivity index (χ4n) is 5.59. The topological polar surface area (TPSA) is 131 Å². The zero-order chi connectivity index (χ0) is 30.8. The maximum absolute atomic E-state index is 14.8. The van der Waals surface area contributed by atoms with Gasteiger partial charge in [-0.2, -0.15) is 0 Å². The fourth-order valence-corrected chi connectivity index (χ4v) is 5.59. The second kappa shape index (κ2) is 15.7. The Morgan fingerprint density at radius 3 is 2.26 bits per heavy atom. The third kappa shape index (κ3) is 8.81. The first-order valence-electron chi connectivity index (χ1n) is 15.3. The molecule has 1 aromatic heterocycles. The van der Waals surface area contributed by atoms with Gasteiger partial charge in [-0.1, -0.05) is 13.3 Å². The van der Waals surface area contributed by atoms with Crippen LogP contribution in [-0.4, -0.2) is 101 Å². The summed E-state index contributed by atoms with van der Waals surface area (Å²) < 4.78 is 35.2. The molecule has 4 rings (SSSR count). The molecule has 1 amide bonds. The number of aryl methyl sites for hydroxylation is 1. The van der Waals surface area contributed by atoms with Gasteiger partial charge in [0.2, 0.25) is 11.9 Å². The molecule has 2 aromatic rings. The number of halogens is 2. The number of ether oxygens (including phenoxy) is 1. The number of amides is 1. The minimum absolute atomic E-state index is 0.0442. The summed E-state index contributed by atoms with van der Waals surface area (Å²) in [6.07, 6.45) is 9.31. The first-order chi connectivity index (χ1) is 20.8. The van der Waals surface area contributed by atoms with E-state index in [1.807, 2.05) is 12.4 Å². The molecule has 1 aromatic carbocycles. The summed E-state index contributed by atoms with van der Waals surface area (Å²) in [5, 5.41) is 31.1. The average Bonchev–Trinajstić information content (AvgIpc) is 2.99. The molecule has 0 saturated carbocycles.